The van der Waals surface area contributed by atoms with Crippen LogP contribution in [0.1, 0.15) is 38.8 Å². The molecular weight excluding hydrogens is 196 g/mol. The smallest absolute Gasteiger partial charge is 0.0603 e. The third-order valence-corrected chi connectivity index (χ3v) is 3.81. The van der Waals surface area contributed by atoms with Crippen LogP contribution in [0, 0.1) is 18.8 Å². The number of nitrogens with one attached hydrogen (secondary N) is 1. The maximum absolute atomic E-state index is 4.33. The number of nitrogens with zero attached hydrogens (tertiary/aromatic N) is 1. The van der Waals surface area contributed by atoms with Gasteiger partial charge in [-0.1, -0.05) is 20.3 Å². The highest BCUT2D eigenvalue weighted by atomic mass is 14.9. The summed E-state index contributed by atoms with van der Waals surface area (Å²) in [6.45, 7) is 6.78. The molecule has 0 bridgehead atoms. The van der Waals surface area contributed by atoms with Gasteiger partial charge >= 0.3 is 0 Å². The van der Waals surface area contributed by atoms with Crippen LogP contribution in [0.4, 0.5) is 5.69 Å². The molecule has 1 aromatic heterocycles. The number of aryl methyl sites for hydroxylation is 1. The lowest BCUT2D eigenvalue weighted by atomic mass is 9.80. The minimum Gasteiger partial charge on any atom is -0.381 e. The quantitative estimate of drug-likeness (QED) is 0.820. The molecule has 1 heterocycles. The van der Waals surface area contributed by atoms with E-state index in [9.17, 15) is 0 Å². The lowest BCUT2D eigenvalue weighted by molar-refractivity contribution is 0.280. The Hall–Kier alpha value is -1.05. The average Bonchev–Trinajstić information content (AvgIpc) is 2.27. The van der Waals surface area contributed by atoms with Crippen molar-refractivity contribution in [2.45, 2.75) is 46.1 Å². The Balaban J connectivity index is 2.06. The predicted molar refractivity (Wildman–Crippen MR) is 68.6 cm³/mol. The van der Waals surface area contributed by atoms with Crippen molar-refractivity contribution in [2.24, 2.45) is 11.8 Å². The summed E-state index contributed by atoms with van der Waals surface area (Å²) in [6, 6.07) is 4.76. The molecule has 2 nitrogen and oxygen atoms in total. The van der Waals surface area contributed by atoms with Gasteiger partial charge in [-0.2, -0.15) is 0 Å². The Kier molecular flexibility index (Phi) is 3.47. The predicted octanol–water partition coefficient (Wildman–Crippen LogP) is 3.63. The highest BCUT2D eigenvalue weighted by Gasteiger charge is 2.25. The third-order valence-electron chi connectivity index (χ3n) is 3.81. The largest absolute Gasteiger partial charge is 0.381 e. The van der Waals surface area contributed by atoms with Crippen molar-refractivity contribution in [2.75, 3.05) is 5.32 Å². The number of pyridine rings is 1. The Morgan fingerprint density at radius 3 is 2.88 bits per heavy atom. The Labute approximate surface area is 98.5 Å². The summed E-state index contributed by atoms with van der Waals surface area (Å²) < 4.78 is 0. The molecule has 88 valence electrons. The van der Waals surface area contributed by atoms with Gasteiger partial charge in [0.1, 0.15) is 0 Å². The van der Waals surface area contributed by atoms with E-state index in [0.29, 0.717) is 6.04 Å². The molecule has 1 aromatic rings. The van der Waals surface area contributed by atoms with Crippen molar-refractivity contribution in [3.63, 3.8) is 0 Å². The molecule has 0 amide bonds. The van der Waals surface area contributed by atoms with E-state index in [1.54, 1.807) is 0 Å². The van der Waals surface area contributed by atoms with E-state index in [1.165, 1.54) is 24.9 Å². The van der Waals surface area contributed by atoms with E-state index in [-0.39, 0.29) is 0 Å². The van der Waals surface area contributed by atoms with Crippen LogP contribution in [-0.2, 0) is 0 Å². The molecule has 2 rings (SSSR count). The first-order valence-corrected chi connectivity index (χ1v) is 6.35. The molecule has 1 aliphatic carbocycles. The molecule has 0 spiro atoms. The van der Waals surface area contributed by atoms with Crippen molar-refractivity contribution >= 4 is 5.69 Å². The zero-order valence-corrected chi connectivity index (χ0v) is 10.5. The van der Waals surface area contributed by atoms with E-state index in [1.807, 2.05) is 12.3 Å². The molecule has 3 unspecified atom stereocenters. The Bertz CT molecular complexity index is 348. The van der Waals surface area contributed by atoms with Crippen LogP contribution in [0.2, 0.25) is 0 Å². The molecule has 1 fully saturated rings. The zero-order chi connectivity index (χ0) is 11.5. The molecule has 1 aliphatic rings. The normalized spacial score (nSPS) is 30.1. The van der Waals surface area contributed by atoms with Gasteiger partial charge in [-0.25, -0.2) is 0 Å². The summed E-state index contributed by atoms with van der Waals surface area (Å²) in [6.07, 6.45) is 5.87. The van der Waals surface area contributed by atoms with E-state index in [2.05, 4.69) is 37.1 Å². The molecule has 0 radical (unpaired) electrons. The summed E-state index contributed by atoms with van der Waals surface area (Å²) in [5.41, 5.74) is 2.31. The first-order chi connectivity index (χ1) is 7.66. The van der Waals surface area contributed by atoms with Gasteiger partial charge in [-0.3, -0.25) is 4.98 Å². The van der Waals surface area contributed by atoms with Gasteiger partial charge in [0.15, 0.2) is 0 Å². The van der Waals surface area contributed by atoms with Gasteiger partial charge in [-0.05, 0) is 43.7 Å². The zero-order valence-electron chi connectivity index (χ0n) is 10.5. The standard InChI is InChI=1S/C14H22N2/c1-10-6-7-11(2)14(9-10)16-13-5-4-8-15-12(13)3/h4-5,8,10-11,14,16H,6-7,9H2,1-3H3. The fraction of sp³-hybridized carbons (Fsp3) is 0.643. The number of aromatic nitrogens is 1. The van der Waals surface area contributed by atoms with Crippen LogP contribution in [-0.4, -0.2) is 11.0 Å². The lowest BCUT2D eigenvalue weighted by Crippen LogP contribution is -2.33. The number of hydrogen-bond donors (Lipinski definition) is 1. The maximum atomic E-state index is 4.33. The maximum Gasteiger partial charge on any atom is 0.0603 e. The molecule has 0 saturated heterocycles. The van der Waals surface area contributed by atoms with E-state index in [0.717, 1.165) is 17.5 Å². The van der Waals surface area contributed by atoms with Crippen molar-refractivity contribution < 1.29 is 0 Å². The van der Waals surface area contributed by atoms with Gasteiger partial charge in [0.2, 0.25) is 0 Å². The number of rotatable bonds is 2. The first-order valence-electron chi connectivity index (χ1n) is 6.35. The van der Waals surface area contributed by atoms with Gasteiger partial charge in [-0.15, -0.1) is 0 Å². The van der Waals surface area contributed by atoms with Gasteiger partial charge < -0.3 is 5.32 Å². The van der Waals surface area contributed by atoms with Crippen molar-refractivity contribution in [3.05, 3.63) is 24.0 Å². The minimum atomic E-state index is 0.617. The number of anilines is 1. The molecule has 1 N–H and O–H groups in total. The topological polar surface area (TPSA) is 24.9 Å². The summed E-state index contributed by atoms with van der Waals surface area (Å²) >= 11 is 0. The second-order valence-electron chi connectivity index (χ2n) is 5.28. The van der Waals surface area contributed by atoms with E-state index in [4.69, 9.17) is 0 Å². The van der Waals surface area contributed by atoms with Crippen LogP contribution in [0.3, 0.4) is 0 Å². The minimum absolute atomic E-state index is 0.617. The van der Waals surface area contributed by atoms with Crippen molar-refractivity contribution in [1.82, 2.24) is 4.98 Å². The summed E-state index contributed by atoms with van der Waals surface area (Å²) in [7, 11) is 0. The second kappa shape index (κ2) is 4.86. The highest BCUT2D eigenvalue weighted by Crippen LogP contribution is 2.30. The molecule has 2 heteroatoms. The molecule has 0 aromatic carbocycles. The van der Waals surface area contributed by atoms with Gasteiger partial charge in [0.25, 0.3) is 0 Å². The molecule has 16 heavy (non-hydrogen) atoms. The molecular formula is C14H22N2. The highest BCUT2D eigenvalue weighted by molar-refractivity contribution is 5.47. The molecule has 3 atom stereocenters. The van der Waals surface area contributed by atoms with Crippen LogP contribution >= 0.6 is 0 Å². The first kappa shape index (κ1) is 11.4. The number of hydrogen-bond acceptors (Lipinski definition) is 2. The summed E-state index contributed by atoms with van der Waals surface area (Å²) in [4.78, 5) is 4.33. The molecule has 0 aliphatic heterocycles. The fourth-order valence-corrected chi connectivity index (χ4v) is 2.57. The van der Waals surface area contributed by atoms with Crippen molar-refractivity contribution in [3.8, 4) is 0 Å². The van der Waals surface area contributed by atoms with Gasteiger partial charge in [0, 0.05) is 12.2 Å². The average molecular weight is 218 g/mol. The molecule has 1 saturated carbocycles. The Morgan fingerprint density at radius 1 is 1.31 bits per heavy atom. The summed E-state index contributed by atoms with van der Waals surface area (Å²) in [5, 5.41) is 3.67. The van der Waals surface area contributed by atoms with E-state index < -0.39 is 0 Å². The van der Waals surface area contributed by atoms with E-state index >= 15 is 0 Å². The SMILES string of the molecule is Cc1ncccc1NC1CC(C)CCC1C. The van der Waals surface area contributed by atoms with Crippen LogP contribution < -0.4 is 5.32 Å². The summed E-state index contributed by atoms with van der Waals surface area (Å²) in [5.74, 6) is 1.63. The van der Waals surface area contributed by atoms with Gasteiger partial charge in [0.05, 0.1) is 11.4 Å². The van der Waals surface area contributed by atoms with Crippen LogP contribution in [0.25, 0.3) is 0 Å². The lowest BCUT2D eigenvalue weighted by Gasteiger charge is -2.34. The Morgan fingerprint density at radius 2 is 2.12 bits per heavy atom. The third kappa shape index (κ3) is 2.55. The second-order valence-corrected chi connectivity index (χ2v) is 5.28. The van der Waals surface area contributed by atoms with Crippen LogP contribution in [0.15, 0.2) is 18.3 Å². The fourth-order valence-electron chi connectivity index (χ4n) is 2.57. The van der Waals surface area contributed by atoms with Crippen LogP contribution in [0.5, 0.6) is 0 Å². The van der Waals surface area contributed by atoms with Crippen molar-refractivity contribution in [1.29, 1.82) is 0 Å². The monoisotopic (exact) mass is 218 g/mol.